The summed E-state index contributed by atoms with van der Waals surface area (Å²) in [7, 11) is -4.06. The molecule has 0 saturated heterocycles. The van der Waals surface area contributed by atoms with Gasteiger partial charge in [0, 0.05) is 11.1 Å². The molecule has 0 spiro atoms. The number of hydrogen-bond donors (Lipinski definition) is 0. The number of allylic oxidation sites excluding steroid dienone is 4. The number of benzene rings is 4. The van der Waals surface area contributed by atoms with E-state index in [0.29, 0.717) is 60.8 Å². The predicted octanol–water partition coefficient (Wildman–Crippen LogP) is 11.1. The molecule has 13 heteroatoms. The van der Waals surface area contributed by atoms with Crippen LogP contribution < -0.4 is 9.47 Å². The monoisotopic (exact) mass is 734 g/mol. The van der Waals surface area contributed by atoms with E-state index in [1.807, 2.05) is 0 Å². The highest BCUT2D eigenvalue weighted by atomic mass is 32.2. The third-order valence-electron chi connectivity index (χ3n) is 8.82. The molecule has 4 aromatic carbocycles. The van der Waals surface area contributed by atoms with Crippen LogP contribution in [0, 0.1) is 11.6 Å². The Morgan fingerprint density at radius 3 is 1.20 bits per heavy atom. The van der Waals surface area contributed by atoms with Crippen LogP contribution in [0.3, 0.4) is 0 Å². The van der Waals surface area contributed by atoms with Gasteiger partial charge >= 0.3 is 12.7 Å². The zero-order valence-electron chi connectivity index (χ0n) is 26.8. The SMILES string of the molecule is O=S(=O)(Cc1ccc(C2=C(c3cccc(OC(F)(F)F)c3)CCC2)cc1F)Cc1ccc(C2=C(c3cccc(OC(F)(F)F)c3)CCC2)cc1F. The van der Waals surface area contributed by atoms with Gasteiger partial charge in [-0.1, -0.05) is 48.5 Å². The fourth-order valence-electron chi connectivity index (χ4n) is 6.75. The summed E-state index contributed by atoms with van der Waals surface area (Å²) in [4.78, 5) is 0. The fourth-order valence-corrected chi connectivity index (χ4v) is 8.27. The summed E-state index contributed by atoms with van der Waals surface area (Å²) in [6, 6.07) is 19.3. The standard InChI is InChI=1S/C38H30F8O4S/c39-35-19-25(33-11-3-9-31(33)23-5-1-7-29(17-23)49-37(41,42)43)13-15-27(35)21-51(47,48)22-28-16-14-26(20-36(28)40)34-12-4-10-32(34)24-6-2-8-30(18-24)50-38(44,45)46/h1-2,5-8,13-20H,3-4,9-12,21-22H2. The van der Waals surface area contributed by atoms with E-state index in [1.165, 1.54) is 60.7 Å². The van der Waals surface area contributed by atoms with E-state index in [1.54, 1.807) is 24.3 Å². The highest BCUT2D eigenvalue weighted by molar-refractivity contribution is 7.89. The third-order valence-corrected chi connectivity index (χ3v) is 10.3. The first-order valence-electron chi connectivity index (χ1n) is 16.0. The summed E-state index contributed by atoms with van der Waals surface area (Å²) < 4.78 is 142. The smallest absolute Gasteiger partial charge is 0.406 e. The van der Waals surface area contributed by atoms with Crippen LogP contribution in [-0.2, 0) is 21.3 Å². The van der Waals surface area contributed by atoms with Crippen molar-refractivity contribution in [3.8, 4) is 11.5 Å². The first-order chi connectivity index (χ1) is 24.0. The summed E-state index contributed by atoms with van der Waals surface area (Å²) in [5, 5.41) is 0. The molecule has 0 amide bonds. The molecule has 2 aliphatic rings. The normalized spacial score (nSPS) is 15.5. The summed E-state index contributed by atoms with van der Waals surface area (Å²) in [5.41, 5.74) is 4.69. The Kier molecular flexibility index (Phi) is 10.0. The highest BCUT2D eigenvalue weighted by Gasteiger charge is 2.32. The average molecular weight is 735 g/mol. The van der Waals surface area contributed by atoms with Gasteiger partial charge in [-0.3, -0.25) is 0 Å². The van der Waals surface area contributed by atoms with E-state index < -0.39 is 45.7 Å². The molecule has 0 radical (unpaired) electrons. The average Bonchev–Trinajstić information content (AvgIpc) is 3.72. The van der Waals surface area contributed by atoms with Crippen LogP contribution in [-0.4, -0.2) is 21.1 Å². The molecule has 0 aliphatic heterocycles. The second kappa shape index (κ2) is 14.2. The predicted molar refractivity (Wildman–Crippen MR) is 177 cm³/mol. The topological polar surface area (TPSA) is 52.6 Å². The Labute approximate surface area is 288 Å². The van der Waals surface area contributed by atoms with Crippen LogP contribution in [0.5, 0.6) is 11.5 Å². The van der Waals surface area contributed by atoms with Crippen LogP contribution in [0.1, 0.15) is 71.9 Å². The number of sulfone groups is 1. The van der Waals surface area contributed by atoms with Crippen molar-refractivity contribution in [3.63, 3.8) is 0 Å². The van der Waals surface area contributed by atoms with E-state index in [9.17, 15) is 34.8 Å². The Balaban J connectivity index is 1.18. The van der Waals surface area contributed by atoms with E-state index in [0.717, 1.165) is 22.3 Å². The lowest BCUT2D eigenvalue weighted by Gasteiger charge is -2.14. The maximum Gasteiger partial charge on any atom is 0.573 e. The van der Waals surface area contributed by atoms with Gasteiger partial charge in [0.25, 0.3) is 0 Å². The number of rotatable bonds is 10. The van der Waals surface area contributed by atoms with E-state index in [4.69, 9.17) is 0 Å². The molecule has 0 unspecified atom stereocenters. The summed E-state index contributed by atoms with van der Waals surface area (Å²) >= 11 is 0. The summed E-state index contributed by atoms with van der Waals surface area (Å²) in [6.07, 6.45) is -6.12. The van der Waals surface area contributed by atoms with Crippen molar-refractivity contribution >= 4 is 32.1 Å². The molecular weight excluding hydrogens is 704 g/mol. The lowest BCUT2D eigenvalue weighted by molar-refractivity contribution is -0.275. The van der Waals surface area contributed by atoms with Crippen molar-refractivity contribution in [1.82, 2.24) is 0 Å². The Morgan fingerprint density at radius 1 is 0.510 bits per heavy atom. The molecule has 51 heavy (non-hydrogen) atoms. The number of hydrogen-bond acceptors (Lipinski definition) is 4. The maximum atomic E-state index is 15.4. The Morgan fingerprint density at radius 2 is 0.863 bits per heavy atom. The molecule has 2 aliphatic carbocycles. The van der Waals surface area contributed by atoms with Crippen LogP contribution in [0.15, 0.2) is 84.9 Å². The maximum absolute atomic E-state index is 15.4. The van der Waals surface area contributed by atoms with Crippen LogP contribution in [0.25, 0.3) is 22.3 Å². The van der Waals surface area contributed by atoms with E-state index in [-0.39, 0.29) is 22.6 Å². The number of ether oxygens (including phenoxy) is 2. The highest BCUT2D eigenvalue weighted by Crippen LogP contribution is 2.43. The van der Waals surface area contributed by atoms with Crippen molar-refractivity contribution in [2.24, 2.45) is 0 Å². The van der Waals surface area contributed by atoms with Gasteiger partial charge in [0.1, 0.15) is 23.1 Å². The van der Waals surface area contributed by atoms with Gasteiger partial charge in [0.2, 0.25) is 0 Å². The second-order valence-electron chi connectivity index (χ2n) is 12.4. The van der Waals surface area contributed by atoms with E-state index in [2.05, 4.69) is 9.47 Å². The molecule has 0 heterocycles. The van der Waals surface area contributed by atoms with E-state index >= 15 is 8.78 Å². The van der Waals surface area contributed by atoms with Crippen molar-refractivity contribution < 1.29 is 53.0 Å². The number of alkyl halides is 6. The van der Waals surface area contributed by atoms with Gasteiger partial charge in [-0.2, -0.15) is 0 Å². The third kappa shape index (κ3) is 8.99. The lowest BCUT2D eigenvalue weighted by atomic mass is 9.96. The molecule has 0 saturated carbocycles. The molecule has 6 rings (SSSR count). The molecule has 0 atom stereocenters. The molecule has 0 aromatic heterocycles. The van der Waals surface area contributed by atoms with Gasteiger partial charge in [-0.15, -0.1) is 26.3 Å². The second-order valence-corrected chi connectivity index (χ2v) is 14.5. The zero-order valence-corrected chi connectivity index (χ0v) is 27.6. The quantitative estimate of drug-likeness (QED) is 0.152. The van der Waals surface area contributed by atoms with Crippen molar-refractivity contribution in [2.45, 2.75) is 62.8 Å². The first-order valence-corrected chi connectivity index (χ1v) is 17.8. The minimum Gasteiger partial charge on any atom is -0.406 e. The largest absolute Gasteiger partial charge is 0.573 e. The van der Waals surface area contributed by atoms with Crippen LogP contribution in [0.4, 0.5) is 35.1 Å². The minimum absolute atomic E-state index is 0.117. The Bertz CT molecular complexity index is 1990. The van der Waals surface area contributed by atoms with Crippen LogP contribution >= 0.6 is 0 Å². The van der Waals surface area contributed by atoms with Crippen molar-refractivity contribution in [1.29, 1.82) is 0 Å². The van der Waals surface area contributed by atoms with Crippen LogP contribution in [0.2, 0.25) is 0 Å². The molecule has 0 fully saturated rings. The number of halogens is 8. The fraction of sp³-hybridized carbons (Fsp3) is 0.263. The Hall–Kier alpha value is -4.65. The van der Waals surface area contributed by atoms with Gasteiger partial charge in [-0.05, 0) is 119 Å². The summed E-state index contributed by atoms with van der Waals surface area (Å²) in [5.74, 6) is -3.72. The minimum atomic E-state index is -4.85. The molecule has 0 N–H and O–H groups in total. The molecule has 0 bridgehead atoms. The van der Waals surface area contributed by atoms with Gasteiger partial charge in [-0.25, -0.2) is 17.2 Å². The van der Waals surface area contributed by atoms with Crippen molar-refractivity contribution in [2.75, 3.05) is 0 Å². The van der Waals surface area contributed by atoms with Gasteiger partial charge in [0.05, 0.1) is 11.5 Å². The lowest BCUT2D eigenvalue weighted by Crippen LogP contribution is -2.17. The van der Waals surface area contributed by atoms with Crippen molar-refractivity contribution in [3.05, 3.63) is 130 Å². The van der Waals surface area contributed by atoms with Gasteiger partial charge in [0.15, 0.2) is 9.84 Å². The van der Waals surface area contributed by atoms with Gasteiger partial charge < -0.3 is 9.47 Å². The molecule has 4 aromatic rings. The zero-order chi connectivity index (χ0) is 36.6. The first kappa shape index (κ1) is 36.2. The molecule has 268 valence electrons. The molecular formula is C38H30F8O4S. The summed E-state index contributed by atoms with van der Waals surface area (Å²) in [6.45, 7) is 0. The molecule has 4 nitrogen and oxygen atoms in total.